The van der Waals surface area contributed by atoms with Gasteiger partial charge in [-0.25, -0.2) is 0 Å². The number of nitrogens with one attached hydrogen (secondary N) is 1. The molecule has 0 atom stereocenters. The first-order valence-corrected chi connectivity index (χ1v) is 8.35. The van der Waals surface area contributed by atoms with Gasteiger partial charge in [0.1, 0.15) is 5.75 Å². The van der Waals surface area contributed by atoms with Crippen molar-refractivity contribution >= 4 is 29.3 Å². The Morgan fingerprint density at radius 2 is 2.00 bits per heavy atom. The second-order valence-corrected chi connectivity index (χ2v) is 6.31. The number of hydrogen-bond donors (Lipinski definition) is 1. The minimum Gasteiger partial charge on any atom is -0.482 e. The summed E-state index contributed by atoms with van der Waals surface area (Å²) in [6.07, 6.45) is 0. The second kappa shape index (κ2) is 8.71. The first-order valence-electron chi connectivity index (χ1n) is 6.98. The maximum atomic E-state index is 11.7. The van der Waals surface area contributed by atoms with E-state index in [0.29, 0.717) is 17.3 Å². The van der Waals surface area contributed by atoms with Crippen LogP contribution in [0.25, 0.3) is 0 Å². The molecule has 5 heteroatoms. The molecule has 2 aromatic carbocycles. The summed E-state index contributed by atoms with van der Waals surface area (Å²) >= 11 is 7.72. The molecule has 0 saturated heterocycles. The Kier molecular flexibility index (Phi) is 6.62. The predicted octanol–water partition coefficient (Wildman–Crippen LogP) is 3.94. The van der Waals surface area contributed by atoms with Crippen molar-refractivity contribution in [2.24, 2.45) is 0 Å². The number of benzene rings is 2. The largest absolute Gasteiger partial charge is 0.482 e. The van der Waals surface area contributed by atoms with E-state index in [-0.39, 0.29) is 12.5 Å². The molecule has 0 fully saturated rings. The zero-order valence-electron chi connectivity index (χ0n) is 12.3. The third kappa shape index (κ3) is 5.62. The number of ether oxygens (including phenoxy) is 1. The van der Waals surface area contributed by atoms with Gasteiger partial charge in [-0.15, -0.1) is 11.8 Å². The lowest BCUT2D eigenvalue weighted by Gasteiger charge is -2.09. The highest BCUT2D eigenvalue weighted by molar-refractivity contribution is 7.99. The molecule has 1 N–H and O–H groups in total. The van der Waals surface area contributed by atoms with E-state index in [1.807, 2.05) is 37.3 Å². The van der Waals surface area contributed by atoms with Crippen molar-refractivity contribution in [2.45, 2.75) is 11.8 Å². The van der Waals surface area contributed by atoms with Crippen molar-refractivity contribution in [3.63, 3.8) is 0 Å². The van der Waals surface area contributed by atoms with Gasteiger partial charge in [0.15, 0.2) is 6.61 Å². The highest BCUT2D eigenvalue weighted by atomic mass is 35.5. The first-order chi connectivity index (χ1) is 10.6. The SMILES string of the molecule is Cc1ccc(Cl)c(OCC(=O)NCCSc2ccccc2)c1. The molecular formula is C17H18ClNO2S. The summed E-state index contributed by atoms with van der Waals surface area (Å²) in [5.74, 6) is 1.21. The third-order valence-corrected chi connectivity index (χ3v) is 4.21. The summed E-state index contributed by atoms with van der Waals surface area (Å²) in [5.41, 5.74) is 1.04. The number of rotatable bonds is 7. The molecule has 1 amide bonds. The van der Waals surface area contributed by atoms with Gasteiger partial charge in [0.2, 0.25) is 0 Å². The number of carbonyl (C=O) groups excluding carboxylic acids is 1. The molecule has 0 aliphatic rings. The normalized spacial score (nSPS) is 10.3. The molecule has 0 aliphatic carbocycles. The number of hydrogen-bond acceptors (Lipinski definition) is 3. The Bertz CT molecular complexity index is 619. The van der Waals surface area contributed by atoms with Crippen LogP contribution in [0, 0.1) is 6.92 Å². The number of thioether (sulfide) groups is 1. The third-order valence-electron chi connectivity index (χ3n) is 2.88. The summed E-state index contributed by atoms with van der Waals surface area (Å²) in [7, 11) is 0. The van der Waals surface area contributed by atoms with Crippen LogP contribution >= 0.6 is 23.4 Å². The quantitative estimate of drug-likeness (QED) is 0.615. The predicted molar refractivity (Wildman–Crippen MR) is 91.9 cm³/mol. The molecular weight excluding hydrogens is 318 g/mol. The van der Waals surface area contributed by atoms with Crippen LogP contribution in [0.3, 0.4) is 0 Å². The van der Waals surface area contributed by atoms with E-state index >= 15 is 0 Å². The van der Waals surface area contributed by atoms with Gasteiger partial charge in [0.25, 0.3) is 5.91 Å². The zero-order chi connectivity index (χ0) is 15.8. The lowest BCUT2D eigenvalue weighted by Crippen LogP contribution is -2.30. The topological polar surface area (TPSA) is 38.3 Å². The molecule has 22 heavy (non-hydrogen) atoms. The summed E-state index contributed by atoms with van der Waals surface area (Å²) < 4.78 is 5.44. The van der Waals surface area contributed by atoms with Crippen LogP contribution in [-0.4, -0.2) is 24.8 Å². The molecule has 0 aliphatic heterocycles. The second-order valence-electron chi connectivity index (χ2n) is 4.73. The number of aryl methyl sites for hydroxylation is 1. The standard InChI is InChI=1S/C17H18ClNO2S/c1-13-7-8-15(18)16(11-13)21-12-17(20)19-9-10-22-14-5-3-2-4-6-14/h2-8,11H,9-10,12H2,1H3,(H,19,20). The fourth-order valence-corrected chi connectivity index (χ4v) is 2.75. The van der Waals surface area contributed by atoms with Crippen molar-refractivity contribution in [2.75, 3.05) is 18.9 Å². The van der Waals surface area contributed by atoms with Gasteiger partial charge >= 0.3 is 0 Å². The number of carbonyl (C=O) groups is 1. The van der Waals surface area contributed by atoms with E-state index in [2.05, 4.69) is 17.4 Å². The average Bonchev–Trinajstić information content (AvgIpc) is 2.53. The Hall–Kier alpha value is -1.65. The smallest absolute Gasteiger partial charge is 0.257 e. The van der Waals surface area contributed by atoms with Gasteiger partial charge in [-0.1, -0.05) is 35.9 Å². The van der Waals surface area contributed by atoms with E-state index in [9.17, 15) is 4.79 Å². The van der Waals surface area contributed by atoms with E-state index in [1.165, 1.54) is 4.90 Å². The van der Waals surface area contributed by atoms with Crippen LogP contribution in [0.5, 0.6) is 5.75 Å². The first kappa shape index (κ1) is 16.7. The van der Waals surface area contributed by atoms with E-state index in [1.54, 1.807) is 17.8 Å². The molecule has 0 aromatic heterocycles. The fourth-order valence-electron chi connectivity index (χ4n) is 1.79. The van der Waals surface area contributed by atoms with Crippen LogP contribution in [-0.2, 0) is 4.79 Å². The Balaban J connectivity index is 1.67. The molecule has 3 nitrogen and oxygen atoms in total. The summed E-state index contributed by atoms with van der Waals surface area (Å²) in [5, 5.41) is 3.34. The van der Waals surface area contributed by atoms with E-state index < -0.39 is 0 Å². The Morgan fingerprint density at radius 1 is 1.23 bits per heavy atom. The molecule has 0 radical (unpaired) electrons. The van der Waals surface area contributed by atoms with Crippen molar-refractivity contribution in [1.29, 1.82) is 0 Å². The van der Waals surface area contributed by atoms with Crippen molar-refractivity contribution in [3.8, 4) is 5.75 Å². The zero-order valence-corrected chi connectivity index (χ0v) is 13.9. The van der Waals surface area contributed by atoms with Crippen LogP contribution in [0.2, 0.25) is 5.02 Å². The Morgan fingerprint density at radius 3 is 2.77 bits per heavy atom. The van der Waals surface area contributed by atoms with Crippen LogP contribution in [0.4, 0.5) is 0 Å². The highest BCUT2D eigenvalue weighted by Crippen LogP contribution is 2.25. The van der Waals surface area contributed by atoms with Gasteiger partial charge in [0, 0.05) is 17.2 Å². The molecule has 2 rings (SSSR count). The molecule has 0 bridgehead atoms. The lowest BCUT2D eigenvalue weighted by molar-refractivity contribution is -0.122. The van der Waals surface area contributed by atoms with Crippen LogP contribution < -0.4 is 10.1 Å². The molecule has 0 spiro atoms. The average molecular weight is 336 g/mol. The lowest BCUT2D eigenvalue weighted by atomic mass is 10.2. The summed E-state index contributed by atoms with van der Waals surface area (Å²) in [4.78, 5) is 12.9. The van der Waals surface area contributed by atoms with Gasteiger partial charge in [-0.05, 0) is 36.8 Å². The molecule has 0 heterocycles. The van der Waals surface area contributed by atoms with E-state index in [0.717, 1.165) is 11.3 Å². The molecule has 2 aromatic rings. The molecule has 116 valence electrons. The van der Waals surface area contributed by atoms with Crippen molar-refractivity contribution in [3.05, 3.63) is 59.1 Å². The highest BCUT2D eigenvalue weighted by Gasteiger charge is 2.06. The Labute approximate surface area is 140 Å². The van der Waals surface area contributed by atoms with Crippen LogP contribution in [0.15, 0.2) is 53.4 Å². The van der Waals surface area contributed by atoms with E-state index in [4.69, 9.17) is 16.3 Å². The van der Waals surface area contributed by atoms with Gasteiger partial charge in [-0.2, -0.15) is 0 Å². The number of amides is 1. The van der Waals surface area contributed by atoms with Gasteiger partial charge in [0.05, 0.1) is 5.02 Å². The van der Waals surface area contributed by atoms with Crippen LogP contribution in [0.1, 0.15) is 5.56 Å². The fraction of sp³-hybridized carbons (Fsp3) is 0.235. The maximum absolute atomic E-state index is 11.7. The monoisotopic (exact) mass is 335 g/mol. The molecule has 0 unspecified atom stereocenters. The number of halogens is 1. The minimum absolute atomic E-state index is 0.0286. The van der Waals surface area contributed by atoms with Gasteiger partial charge < -0.3 is 10.1 Å². The van der Waals surface area contributed by atoms with Crippen molar-refractivity contribution < 1.29 is 9.53 Å². The maximum Gasteiger partial charge on any atom is 0.257 e. The summed E-state index contributed by atoms with van der Waals surface area (Å²) in [6.45, 7) is 2.52. The summed E-state index contributed by atoms with van der Waals surface area (Å²) in [6, 6.07) is 15.6. The van der Waals surface area contributed by atoms with Gasteiger partial charge in [-0.3, -0.25) is 4.79 Å². The van der Waals surface area contributed by atoms with Crippen molar-refractivity contribution in [1.82, 2.24) is 5.32 Å². The molecule has 0 saturated carbocycles. The minimum atomic E-state index is -0.147.